The van der Waals surface area contributed by atoms with Crippen LogP contribution in [0.5, 0.6) is 5.75 Å². The van der Waals surface area contributed by atoms with Crippen LogP contribution in [0.25, 0.3) is 0 Å². The first-order valence-corrected chi connectivity index (χ1v) is 6.77. The second-order valence-electron chi connectivity index (χ2n) is 5.94. The number of hydrogen-bond acceptors (Lipinski definition) is 2. The summed E-state index contributed by atoms with van der Waals surface area (Å²) in [6, 6.07) is 4.33. The number of benzene rings is 1. The number of nitrogens with one attached hydrogen (secondary N) is 1. The predicted octanol–water partition coefficient (Wildman–Crippen LogP) is 3.63. The Morgan fingerprint density at radius 1 is 1.17 bits per heavy atom. The summed E-state index contributed by atoms with van der Waals surface area (Å²) in [7, 11) is 0. The van der Waals surface area contributed by atoms with Crippen molar-refractivity contribution in [1.82, 2.24) is 5.32 Å². The van der Waals surface area contributed by atoms with Crippen LogP contribution in [0.3, 0.4) is 0 Å². The molecule has 102 valence electrons. The standard InChI is InChI=1S/C16H27NO/c1-7-17-10-16(5,6)11-18-15-9-12(2)8-13(3)14(15)4/h8-9,17H,7,10-11H2,1-6H3. The Bertz CT molecular complexity index is 396. The van der Waals surface area contributed by atoms with E-state index in [0.29, 0.717) is 0 Å². The molecule has 0 radical (unpaired) electrons. The molecular formula is C16H27NO. The van der Waals surface area contributed by atoms with E-state index in [1.807, 2.05) is 0 Å². The SMILES string of the molecule is CCNCC(C)(C)COc1cc(C)cc(C)c1C. The summed E-state index contributed by atoms with van der Waals surface area (Å²) in [5.74, 6) is 1.03. The summed E-state index contributed by atoms with van der Waals surface area (Å²) in [6.45, 7) is 15.7. The van der Waals surface area contributed by atoms with E-state index in [1.54, 1.807) is 0 Å². The Kier molecular flexibility index (Phi) is 5.21. The zero-order chi connectivity index (χ0) is 13.8. The van der Waals surface area contributed by atoms with Crippen LogP contribution < -0.4 is 10.1 Å². The van der Waals surface area contributed by atoms with Crippen molar-refractivity contribution in [1.29, 1.82) is 0 Å². The summed E-state index contributed by atoms with van der Waals surface area (Å²) in [6.07, 6.45) is 0. The number of hydrogen-bond donors (Lipinski definition) is 1. The lowest BCUT2D eigenvalue weighted by molar-refractivity contribution is 0.176. The largest absolute Gasteiger partial charge is 0.493 e. The molecule has 0 amide bonds. The molecule has 0 unspecified atom stereocenters. The Hall–Kier alpha value is -1.02. The Morgan fingerprint density at radius 2 is 1.83 bits per heavy atom. The van der Waals surface area contributed by atoms with E-state index in [0.717, 1.165) is 25.4 Å². The minimum absolute atomic E-state index is 0.153. The average Bonchev–Trinajstić information content (AvgIpc) is 2.29. The fourth-order valence-corrected chi connectivity index (χ4v) is 1.94. The van der Waals surface area contributed by atoms with E-state index >= 15 is 0 Å². The summed E-state index contributed by atoms with van der Waals surface area (Å²) in [4.78, 5) is 0. The summed E-state index contributed by atoms with van der Waals surface area (Å²) in [5.41, 5.74) is 3.96. The van der Waals surface area contributed by atoms with Gasteiger partial charge < -0.3 is 10.1 Å². The third-order valence-corrected chi connectivity index (χ3v) is 3.24. The summed E-state index contributed by atoms with van der Waals surface area (Å²) >= 11 is 0. The number of ether oxygens (including phenoxy) is 1. The first-order valence-electron chi connectivity index (χ1n) is 6.77. The molecule has 0 bridgehead atoms. The lowest BCUT2D eigenvalue weighted by Crippen LogP contribution is -2.34. The van der Waals surface area contributed by atoms with Gasteiger partial charge in [-0.1, -0.05) is 26.8 Å². The topological polar surface area (TPSA) is 21.3 Å². The first kappa shape index (κ1) is 15.0. The van der Waals surface area contributed by atoms with Gasteiger partial charge in [0, 0.05) is 12.0 Å². The molecule has 0 aliphatic heterocycles. The average molecular weight is 249 g/mol. The van der Waals surface area contributed by atoms with Gasteiger partial charge in [0.2, 0.25) is 0 Å². The highest BCUT2D eigenvalue weighted by Gasteiger charge is 2.18. The maximum Gasteiger partial charge on any atom is 0.122 e. The second-order valence-corrected chi connectivity index (χ2v) is 5.94. The molecule has 0 heterocycles. The minimum atomic E-state index is 0.153. The third kappa shape index (κ3) is 4.34. The highest BCUT2D eigenvalue weighted by atomic mass is 16.5. The third-order valence-electron chi connectivity index (χ3n) is 3.24. The van der Waals surface area contributed by atoms with E-state index < -0.39 is 0 Å². The maximum atomic E-state index is 6.02. The monoisotopic (exact) mass is 249 g/mol. The highest BCUT2D eigenvalue weighted by molar-refractivity contribution is 5.41. The van der Waals surface area contributed by atoms with Crippen molar-refractivity contribution in [2.24, 2.45) is 5.41 Å². The van der Waals surface area contributed by atoms with Gasteiger partial charge in [0.25, 0.3) is 0 Å². The molecule has 18 heavy (non-hydrogen) atoms. The van der Waals surface area contributed by atoms with Gasteiger partial charge in [-0.15, -0.1) is 0 Å². The maximum absolute atomic E-state index is 6.02. The Labute approximate surface area is 112 Å². The van der Waals surface area contributed by atoms with E-state index in [2.05, 4.69) is 59.0 Å². The molecule has 1 aromatic carbocycles. The van der Waals surface area contributed by atoms with Crippen molar-refractivity contribution in [3.05, 3.63) is 28.8 Å². The molecular weight excluding hydrogens is 222 g/mol. The van der Waals surface area contributed by atoms with Crippen molar-refractivity contribution >= 4 is 0 Å². The lowest BCUT2D eigenvalue weighted by Gasteiger charge is -2.25. The van der Waals surface area contributed by atoms with Gasteiger partial charge in [0.15, 0.2) is 0 Å². The van der Waals surface area contributed by atoms with Gasteiger partial charge in [-0.3, -0.25) is 0 Å². The van der Waals surface area contributed by atoms with Crippen LogP contribution in [-0.2, 0) is 0 Å². The van der Waals surface area contributed by atoms with Gasteiger partial charge in [-0.05, 0) is 50.1 Å². The smallest absolute Gasteiger partial charge is 0.122 e. The van der Waals surface area contributed by atoms with Gasteiger partial charge in [0.1, 0.15) is 5.75 Å². The molecule has 0 saturated carbocycles. The first-order chi connectivity index (χ1) is 8.35. The number of aryl methyl sites for hydroxylation is 2. The Balaban J connectivity index is 2.68. The molecule has 0 saturated heterocycles. The van der Waals surface area contributed by atoms with Crippen LogP contribution in [-0.4, -0.2) is 19.7 Å². The molecule has 1 rings (SSSR count). The fourth-order valence-electron chi connectivity index (χ4n) is 1.94. The van der Waals surface area contributed by atoms with Gasteiger partial charge in [-0.25, -0.2) is 0 Å². The molecule has 0 spiro atoms. The fraction of sp³-hybridized carbons (Fsp3) is 0.625. The van der Waals surface area contributed by atoms with E-state index in [9.17, 15) is 0 Å². The molecule has 1 N–H and O–H groups in total. The van der Waals surface area contributed by atoms with Gasteiger partial charge in [-0.2, -0.15) is 0 Å². The predicted molar refractivity (Wildman–Crippen MR) is 78.5 cm³/mol. The molecule has 1 aromatic rings. The zero-order valence-electron chi connectivity index (χ0n) is 12.7. The van der Waals surface area contributed by atoms with Crippen LogP contribution >= 0.6 is 0 Å². The van der Waals surface area contributed by atoms with Gasteiger partial charge in [0.05, 0.1) is 6.61 Å². The summed E-state index contributed by atoms with van der Waals surface area (Å²) in [5, 5.41) is 3.38. The zero-order valence-corrected chi connectivity index (χ0v) is 12.7. The van der Waals surface area contributed by atoms with Crippen LogP contribution in [0.2, 0.25) is 0 Å². The summed E-state index contributed by atoms with van der Waals surface area (Å²) < 4.78 is 6.02. The quantitative estimate of drug-likeness (QED) is 0.831. The van der Waals surface area contributed by atoms with Gasteiger partial charge >= 0.3 is 0 Å². The Morgan fingerprint density at radius 3 is 2.44 bits per heavy atom. The normalized spacial score (nSPS) is 11.7. The van der Waals surface area contributed by atoms with E-state index in [1.165, 1.54) is 16.7 Å². The van der Waals surface area contributed by atoms with E-state index in [-0.39, 0.29) is 5.41 Å². The molecule has 2 heteroatoms. The molecule has 0 fully saturated rings. The van der Waals surface area contributed by atoms with Crippen molar-refractivity contribution in [3.8, 4) is 5.75 Å². The van der Waals surface area contributed by atoms with Crippen molar-refractivity contribution in [2.45, 2.75) is 41.5 Å². The molecule has 2 nitrogen and oxygen atoms in total. The molecule has 0 aromatic heterocycles. The number of rotatable bonds is 6. The van der Waals surface area contributed by atoms with Crippen LogP contribution in [0.15, 0.2) is 12.1 Å². The molecule has 0 atom stereocenters. The van der Waals surface area contributed by atoms with Crippen molar-refractivity contribution in [2.75, 3.05) is 19.7 Å². The van der Waals surface area contributed by atoms with Crippen molar-refractivity contribution in [3.63, 3.8) is 0 Å². The van der Waals surface area contributed by atoms with Crippen LogP contribution in [0, 0.1) is 26.2 Å². The minimum Gasteiger partial charge on any atom is -0.493 e. The van der Waals surface area contributed by atoms with Crippen LogP contribution in [0.4, 0.5) is 0 Å². The van der Waals surface area contributed by atoms with E-state index in [4.69, 9.17) is 4.74 Å². The molecule has 0 aliphatic rings. The van der Waals surface area contributed by atoms with Crippen LogP contribution in [0.1, 0.15) is 37.5 Å². The second kappa shape index (κ2) is 6.24. The molecule has 0 aliphatic carbocycles. The highest BCUT2D eigenvalue weighted by Crippen LogP contribution is 2.25. The van der Waals surface area contributed by atoms with Crippen molar-refractivity contribution < 1.29 is 4.74 Å². The lowest BCUT2D eigenvalue weighted by atomic mass is 9.94.